The van der Waals surface area contributed by atoms with Gasteiger partial charge in [-0.05, 0) is 49.2 Å². The first-order chi connectivity index (χ1) is 15.5. The predicted octanol–water partition coefficient (Wildman–Crippen LogP) is 2.93. The standard InChI is InChI=1S/C24H27N3O5/c1-31-19-9-10-21(32-2)20(14-19)27-15-17(13-22(27)28)23(29)25-18-7-5-16(6-8-18)24(30)26-11-3-4-12-26/h5-10,14,17H,3-4,11-13,15H2,1-2H3,(H,25,29). The molecule has 0 aromatic heterocycles. The Hall–Kier alpha value is -3.55. The third-order valence-electron chi connectivity index (χ3n) is 5.97. The molecule has 2 heterocycles. The summed E-state index contributed by atoms with van der Waals surface area (Å²) in [5.41, 5.74) is 1.78. The Balaban J connectivity index is 1.41. The maximum atomic E-state index is 12.8. The Morgan fingerprint density at radius 1 is 1.00 bits per heavy atom. The van der Waals surface area contributed by atoms with Crippen LogP contribution in [0.3, 0.4) is 0 Å². The minimum absolute atomic E-state index is 0.0182. The van der Waals surface area contributed by atoms with E-state index >= 15 is 0 Å². The highest BCUT2D eigenvalue weighted by atomic mass is 16.5. The Bertz CT molecular complexity index is 1010. The molecule has 0 radical (unpaired) electrons. The van der Waals surface area contributed by atoms with Gasteiger partial charge in [0.15, 0.2) is 0 Å². The SMILES string of the molecule is COc1ccc(OC)c(N2CC(C(=O)Nc3ccc(C(=O)N4CCCC4)cc3)CC2=O)c1. The third kappa shape index (κ3) is 4.39. The number of rotatable bonds is 6. The molecule has 1 atom stereocenters. The predicted molar refractivity (Wildman–Crippen MR) is 120 cm³/mol. The molecule has 0 aliphatic carbocycles. The van der Waals surface area contributed by atoms with Crippen LogP contribution in [0.25, 0.3) is 0 Å². The molecule has 32 heavy (non-hydrogen) atoms. The summed E-state index contributed by atoms with van der Waals surface area (Å²) in [7, 11) is 3.09. The normalized spacial score (nSPS) is 18.1. The monoisotopic (exact) mass is 437 g/mol. The van der Waals surface area contributed by atoms with Crippen LogP contribution in [0.15, 0.2) is 42.5 Å². The first-order valence-electron chi connectivity index (χ1n) is 10.7. The topological polar surface area (TPSA) is 88.2 Å². The second-order valence-corrected chi connectivity index (χ2v) is 8.01. The zero-order valence-corrected chi connectivity index (χ0v) is 18.3. The lowest BCUT2D eigenvalue weighted by Gasteiger charge is -2.20. The summed E-state index contributed by atoms with van der Waals surface area (Å²) in [6.45, 7) is 1.84. The van der Waals surface area contributed by atoms with Gasteiger partial charge in [0.05, 0.1) is 25.8 Å². The molecule has 1 N–H and O–H groups in total. The van der Waals surface area contributed by atoms with Gasteiger partial charge >= 0.3 is 0 Å². The molecule has 168 valence electrons. The maximum Gasteiger partial charge on any atom is 0.253 e. The van der Waals surface area contributed by atoms with Crippen LogP contribution >= 0.6 is 0 Å². The lowest BCUT2D eigenvalue weighted by atomic mass is 10.1. The number of anilines is 2. The lowest BCUT2D eigenvalue weighted by molar-refractivity contribution is -0.122. The molecule has 2 saturated heterocycles. The smallest absolute Gasteiger partial charge is 0.253 e. The quantitative estimate of drug-likeness (QED) is 0.751. The van der Waals surface area contributed by atoms with E-state index in [1.54, 1.807) is 54.5 Å². The summed E-state index contributed by atoms with van der Waals surface area (Å²) in [6.07, 6.45) is 2.19. The second kappa shape index (κ2) is 9.30. The number of nitrogens with one attached hydrogen (secondary N) is 1. The number of amides is 3. The largest absolute Gasteiger partial charge is 0.497 e. The van der Waals surface area contributed by atoms with Crippen molar-refractivity contribution in [1.29, 1.82) is 0 Å². The summed E-state index contributed by atoms with van der Waals surface area (Å²) in [5.74, 6) is 0.280. The Kier molecular flexibility index (Phi) is 6.30. The number of nitrogens with zero attached hydrogens (tertiary/aromatic N) is 2. The highest BCUT2D eigenvalue weighted by Crippen LogP contribution is 2.36. The zero-order valence-electron chi connectivity index (χ0n) is 18.3. The Morgan fingerprint density at radius 2 is 1.72 bits per heavy atom. The van der Waals surface area contributed by atoms with E-state index in [4.69, 9.17) is 9.47 Å². The van der Waals surface area contributed by atoms with Crippen LogP contribution in [-0.2, 0) is 9.59 Å². The molecule has 2 aromatic carbocycles. The van der Waals surface area contributed by atoms with Crippen molar-refractivity contribution < 1.29 is 23.9 Å². The van der Waals surface area contributed by atoms with Crippen molar-refractivity contribution in [3.05, 3.63) is 48.0 Å². The fraction of sp³-hybridized carbons (Fsp3) is 0.375. The minimum Gasteiger partial charge on any atom is -0.497 e. The molecule has 1 unspecified atom stereocenters. The molecule has 2 aliphatic heterocycles. The molecule has 2 aromatic rings. The Morgan fingerprint density at radius 3 is 2.38 bits per heavy atom. The summed E-state index contributed by atoms with van der Waals surface area (Å²) in [6, 6.07) is 12.1. The van der Waals surface area contributed by atoms with Gasteiger partial charge < -0.3 is 24.6 Å². The highest BCUT2D eigenvalue weighted by Gasteiger charge is 2.36. The average Bonchev–Trinajstić information content (AvgIpc) is 3.49. The van der Waals surface area contributed by atoms with E-state index in [1.807, 2.05) is 4.90 Å². The molecule has 8 heteroatoms. The number of benzene rings is 2. The molecule has 0 bridgehead atoms. The van der Waals surface area contributed by atoms with Crippen molar-refractivity contribution in [1.82, 2.24) is 4.90 Å². The fourth-order valence-electron chi connectivity index (χ4n) is 4.17. The lowest BCUT2D eigenvalue weighted by Crippen LogP contribution is -2.28. The van der Waals surface area contributed by atoms with Gasteiger partial charge in [0.25, 0.3) is 5.91 Å². The van der Waals surface area contributed by atoms with Crippen LogP contribution in [0.5, 0.6) is 11.5 Å². The van der Waals surface area contributed by atoms with Crippen molar-refractivity contribution in [2.24, 2.45) is 5.92 Å². The molecule has 0 saturated carbocycles. The average molecular weight is 437 g/mol. The number of methoxy groups -OCH3 is 2. The second-order valence-electron chi connectivity index (χ2n) is 8.01. The van der Waals surface area contributed by atoms with E-state index in [0.29, 0.717) is 28.4 Å². The molecule has 3 amide bonds. The van der Waals surface area contributed by atoms with Gasteiger partial charge in [-0.25, -0.2) is 0 Å². The molecule has 4 rings (SSSR count). The van der Waals surface area contributed by atoms with E-state index < -0.39 is 5.92 Å². The summed E-state index contributed by atoms with van der Waals surface area (Å²) < 4.78 is 10.6. The number of hydrogen-bond donors (Lipinski definition) is 1. The van der Waals surface area contributed by atoms with Crippen LogP contribution in [0.4, 0.5) is 11.4 Å². The maximum absolute atomic E-state index is 12.8. The van der Waals surface area contributed by atoms with E-state index in [0.717, 1.165) is 25.9 Å². The van der Waals surface area contributed by atoms with Crippen LogP contribution in [0, 0.1) is 5.92 Å². The molecular formula is C24H27N3O5. The van der Waals surface area contributed by atoms with E-state index in [1.165, 1.54) is 7.11 Å². The first-order valence-corrected chi connectivity index (χ1v) is 10.7. The number of carbonyl (C=O) groups excluding carboxylic acids is 3. The van der Waals surface area contributed by atoms with E-state index in [2.05, 4.69) is 5.32 Å². The summed E-state index contributed by atoms with van der Waals surface area (Å²) in [4.78, 5) is 41.4. The van der Waals surface area contributed by atoms with Gasteiger partial charge in [0.1, 0.15) is 11.5 Å². The summed E-state index contributed by atoms with van der Waals surface area (Å²) >= 11 is 0. The van der Waals surface area contributed by atoms with Crippen molar-refractivity contribution in [2.75, 3.05) is 44.1 Å². The first kappa shape index (κ1) is 21.7. The Labute approximate surface area is 187 Å². The fourth-order valence-corrected chi connectivity index (χ4v) is 4.17. The van der Waals surface area contributed by atoms with Crippen LogP contribution in [-0.4, -0.2) is 56.5 Å². The van der Waals surface area contributed by atoms with Crippen LogP contribution < -0.4 is 19.7 Å². The number of carbonyl (C=O) groups is 3. The van der Waals surface area contributed by atoms with Gasteiger partial charge in [-0.15, -0.1) is 0 Å². The van der Waals surface area contributed by atoms with Crippen molar-refractivity contribution in [2.45, 2.75) is 19.3 Å². The van der Waals surface area contributed by atoms with E-state index in [-0.39, 0.29) is 30.7 Å². The zero-order chi connectivity index (χ0) is 22.7. The molecule has 2 aliphatic rings. The minimum atomic E-state index is -0.496. The molecule has 2 fully saturated rings. The van der Waals surface area contributed by atoms with Gasteiger partial charge in [0, 0.05) is 43.4 Å². The van der Waals surface area contributed by atoms with Crippen LogP contribution in [0.2, 0.25) is 0 Å². The van der Waals surface area contributed by atoms with Crippen molar-refractivity contribution >= 4 is 29.1 Å². The van der Waals surface area contributed by atoms with Gasteiger partial charge in [-0.1, -0.05) is 0 Å². The number of hydrogen-bond acceptors (Lipinski definition) is 5. The highest BCUT2D eigenvalue weighted by molar-refractivity contribution is 6.04. The van der Waals surface area contributed by atoms with Crippen molar-refractivity contribution in [3.8, 4) is 11.5 Å². The summed E-state index contributed by atoms with van der Waals surface area (Å²) in [5, 5.41) is 2.86. The number of likely N-dealkylation sites (tertiary alicyclic amines) is 1. The van der Waals surface area contributed by atoms with Gasteiger partial charge in [-0.3, -0.25) is 14.4 Å². The van der Waals surface area contributed by atoms with Crippen molar-refractivity contribution in [3.63, 3.8) is 0 Å². The molecule has 0 spiro atoms. The molecule has 8 nitrogen and oxygen atoms in total. The third-order valence-corrected chi connectivity index (χ3v) is 5.97. The molecular weight excluding hydrogens is 410 g/mol. The van der Waals surface area contributed by atoms with Gasteiger partial charge in [0.2, 0.25) is 11.8 Å². The van der Waals surface area contributed by atoms with E-state index in [9.17, 15) is 14.4 Å². The van der Waals surface area contributed by atoms with Gasteiger partial charge in [-0.2, -0.15) is 0 Å². The number of ether oxygens (including phenoxy) is 2. The van der Waals surface area contributed by atoms with Crippen LogP contribution in [0.1, 0.15) is 29.6 Å².